The molecule has 0 spiro atoms. The highest BCUT2D eigenvalue weighted by Gasteiger charge is 2.11. The minimum absolute atomic E-state index is 0.289. The molecule has 4 nitrogen and oxygen atoms in total. The summed E-state index contributed by atoms with van der Waals surface area (Å²) >= 11 is 0. The monoisotopic (exact) mass is 230 g/mol. The van der Waals surface area contributed by atoms with Gasteiger partial charge in [-0.05, 0) is 18.2 Å². The van der Waals surface area contributed by atoms with Gasteiger partial charge in [-0.3, -0.25) is 0 Å². The third kappa shape index (κ3) is 2.20. The highest BCUT2D eigenvalue weighted by molar-refractivity contribution is 5.86. The van der Waals surface area contributed by atoms with Gasteiger partial charge in [0.15, 0.2) is 0 Å². The Bertz CT molecular complexity index is 582. The summed E-state index contributed by atoms with van der Waals surface area (Å²) in [6, 6.07) is 5.78. The summed E-state index contributed by atoms with van der Waals surface area (Å²) in [5, 5.41) is 8.64. The molecule has 0 aliphatic carbocycles. The van der Waals surface area contributed by atoms with Gasteiger partial charge in [-0.1, -0.05) is 19.9 Å². The number of aromatic nitrogens is 2. The van der Waals surface area contributed by atoms with E-state index >= 15 is 0 Å². The van der Waals surface area contributed by atoms with Crippen LogP contribution in [0.5, 0.6) is 0 Å². The van der Waals surface area contributed by atoms with E-state index in [2.05, 4.69) is 18.8 Å². The quantitative estimate of drug-likeness (QED) is 0.824. The van der Waals surface area contributed by atoms with Crippen LogP contribution >= 0.6 is 0 Å². The minimum atomic E-state index is -0.965. The van der Waals surface area contributed by atoms with Gasteiger partial charge in [-0.15, -0.1) is 0 Å². The minimum Gasteiger partial charge on any atom is -0.478 e. The molecule has 2 aromatic rings. The van der Waals surface area contributed by atoms with E-state index < -0.39 is 5.97 Å². The average molecular weight is 230 g/mol. The van der Waals surface area contributed by atoms with Crippen LogP contribution in [-0.4, -0.2) is 20.5 Å². The number of hydrogen-bond acceptors (Lipinski definition) is 2. The zero-order valence-electron chi connectivity index (χ0n) is 9.79. The molecule has 0 aliphatic heterocycles. The van der Waals surface area contributed by atoms with E-state index in [9.17, 15) is 4.79 Å². The lowest BCUT2D eigenvalue weighted by Gasteiger charge is -2.02. The summed E-state index contributed by atoms with van der Waals surface area (Å²) in [6.07, 6.45) is 4.58. The van der Waals surface area contributed by atoms with Gasteiger partial charge in [-0.2, -0.15) is 0 Å². The van der Waals surface area contributed by atoms with Crippen molar-refractivity contribution in [3.63, 3.8) is 0 Å². The van der Waals surface area contributed by atoms with Gasteiger partial charge in [0.1, 0.15) is 5.82 Å². The van der Waals surface area contributed by atoms with Crippen molar-refractivity contribution < 1.29 is 9.90 Å². The lowest BCUT2D eigenvalue weighted by atomic mass is 10.2. The fourth-order valence-corrected chi connectivity index (χ4v) is 1.77. The number of fused-ring (bicyclic) bond motifs is 1. The van der Waals surface area contributed by atoms with Crippen molar-refractivity contribution in [2.75, 3.05) is 0 Å². The zero-order valence-corrected chi connectivity index (χ0v) is 9.79. The summed E-state index contributed by atoms with van der Waals surface area (Å²) in [5.41, 5.74) is 1.62. The molecule has 0 unspecified atom stereocenters. The summed E-state index contributed by atoms with van der Waals surface area (Å²) in [5.74, 6) is 0.260. The predicted octanol–water partition coefficient (Wildman–Crippen LogP) is 2.56. The molecular weight excluding hydrogens is 216 g/mol. The highest BCUT2D eigenvalue weighted by Crippen LogP contribution is 2.20. The Morgan fingerprint density at radius 3 is 2.88 bits per heavy atom. The molecule has 1 N–H and O–H groups in total. The summed E-state index contributed by atoms with van der Waals surface area (Å²) in [6.45, 7) is 4.12. The smallest absolute Gasteiger partial charge is 0.328 e. The highest BCUT2D eigenvalue weighted by atomic mass is 16.4. The Kier molecular flexibility index (Phi) is 2.95. The van der Waals surface area contributed by atoms with Crippen LogP contribution in [0.3, 0.4) is 0 Å². The fourth-order valence-electron chi connectivity index (χ4n) is 1.77. The molecule has 0 aliphatic rings. The maximum Gasteiger partial charge on any atom is 0.328 e. The van der Waals surface area contributed by atoms with Gasteiger partial charge < -0.3 is 9.51 Å². The van der Waals surface area contributed by atoms with Crippen molar-refractivity contribution in [2.24, 2.45) is 0 Å². The van der Waals surface area contributed by atoms with Crippen molar-refractivity contribution >= 4 is 17.6 Å². The van der Waals surface area contributed by atoms with Gasteiger partial charge in [0.05, 0.1) is 11.2 Å². The summed E-state index contributed by atoms with van der Waals surface area (Å²) in [7, 11) is 0. The first-order valence-electron chi connectivity index (χ1n) is 5.47. The topological polar surface area (TPSA) is 54.6 Å². The normalized spacial score (nSPS) is 11.7. The average Bonchev–Trinajstić information content (AvgIpc) is 2.65. The molecule has 2 aromatic heterocycles. The Labute approximate surface area is 99.2 Å². The van der Waals surface area contributed by atoms with Gasteiger partial charge in [0.25, 0.3) is 0 Å². The molecule has 0 aromatic carbocycles. The lowest BCUT2D eigenvalue weighted by molar-refractivity contribution is -0.131. The lowest BCUT2D eigenvalue weighted by Crippen LogP contribution is -1.95. The number of imidazole rings is 1. The molecule has 0 fully saturated rings. The van der Waals surface area contributed by atoms with E-state index in [4.69, 9.17) is 5.11 Å². The first-order valence-corrected chi connectivity index (χ1v) is 5.47. The molecule has 0 amide bonds. The number of pyridine rings is 1. The molecule has 0 radical (unpaired) electrons. The number of carboxylic acid groups (broad SMARTS) is 1. The van der Waals surface area contributed by atoms with Gasteiger partial charge in [0.2, 0.25) is 0 Å². The van der Waals surface area contributed by atoms with Crippen LogP contribution in [0.15, 0.2) is 30.5 Å². The Hall–Kier alpha value is -2.10. The molecule has 0 saturated carbocycles. The van der Waals surface area contributed by atoms with Crippen LogP contribution in [0, 0.1) is 0 Å². The van der Waals surface area contributed by atoms with E-state index in [0.717, 1.165) is 17.4 Å². The van der Waals surface area contributed by atoms with Crippen LogP contribution in [0.4, 0.5) is 0 Å². The van der Waals surface area contributed by atoms with Crippen molar-refractivity contribution in [1.29, 1.82) is 0 Å². The molecule has 2 rings (SSSR count). The number of carboxylic acids is 1. The maximum atomic E-state index is 10.5. The molecular formula is C13H14N2O2. The van der Waals surface area contributed by atoms with Gasteiger partial charge in [-0.25, -0.2) is 9.78 Å². The zero-order chi connectivity index (χ0) is 12.4. The second kappa shape index (κ2) is 4.41. The molecule has 2 heterocycles. The Balaban J connectivity index is 2.60. The third-order valence-corrected chi connectivity index (χ3v) is 2.50. The summed E-state index contributed by atoms with van der Waals surface area (Å²) in [4.78, 5) is 15.0. The van der Waals surface area contributed by atoms with Crippen molar-refractivity contribution in [2.45, 2.75) is 19.8 Å². The second-order valence-electron chi connectivity index (χ2n) is 4.14. The molecule has 4 heteroatoms. The van der Waals surface area contributed by atoms with Crippen LogP contribution in [0.2, 0.25) is 0 Å². The molecule has 17 heavy (non-hydrogen) atoms. The number of carbonyl (C=O) groups is 1. The van der Waals surface area contributed by atoms with E-state index in [-0.39, 0.29) is 5.92 Å². The third-order valence-electron chi connectivity index (χ3n) is 2.50. The number of aliphatic carboxylic acids is 1. The first kappa shape index (κ1) is 11.4. The molecule has 0 atom stereocenters. The van der Waals surface area contributed by atoms with Crippen LogP contribution < -0.4 is 0 Å². The van der Waals surface area contributed by atoms with E-state index in [1.54, 1.807) is 0 Å². The number of rotatable bonds is 3. The van der Waals surface area contributed by atoms with Crippen molar-refractivity contribution in [3.8, 4) is 0 Å². The fraction of sp³-hybridized carbons (Fsp3) is 0.231. The van der Waals surface area contributed by atoms with Crippen molar-refractivity contribution in [3.05, 3.63) is 42.0 Å². The standard InChI is InChI=1S/C13H14N2O2/c1-9(2)13-14-10(6-7-12(16)17)11-5-3-4-8-15(11)13/h3-9H,1-2H3,(H,16,17)/b7-6+. The van der Waals surface area contributed by atoms with E-state index in [1.807, 2.05) is 28.8 Å². The Morgan fingerprint density at radius 2 is 2.24 bits per heavy atom. The van der Waals surface area contributed by atoms with Gasteiger partial charge >= 0.3 is 5.97 Å². The van der Waals surface area contributed by atoms with E-state index in [1.165, 1.54) is 6.08 Å². The molecule has 0 saturated heterocycles. The Morgan fingerprint density at radius 1 is 1.47 bits per heavy atom. The van der Waals surface area contributed by atoms with Crippen LogP contribution in [0.25, 0.3) is 11.6 Å². The largest absolute Gasteiger partial charge is 0.478 e. The van der Waals surface area contributed by atoms with Crippen LogP contribution in [-0.2, 0) is 4.79 Å². The predicted molar refractivity (Wildman–Crippen MR) is 66.0 cm³/mol. The maximum absolute atomic E-state index is 10.5. The summed E-state index contributed by atoms with van der Waals surface area (Å²) < 4.78 is 1.99. The first-order chi connectivity index (χ1) is 8.09. The molecule has 0 bridgehead atoms. The van der Waals surface area contributed by atoms with Crippen molar-refractivity contribution in [1.82, 2.24) is 9.38 Å². The second-order valence-corrected chi connectivity index (χ2v) is 4.14. The molecule has 88 valence electrons. The number of hydrogen-bond donors (Lipinski definition) is 1. The SMILES string of the molecule is CC(C)c1nc(/C=C/C(=O)O)c2ccccn12. The van der Waals surface area contributed by atoms with Gasteiger partial charge in [0, 0.05) is 18.2 Å². The number of nitrogens with zero attached hydrogens (tertiary/aromatic N) is 2. The van der Waals surface area contributed by atoms with E-state index in [0.29, 0.717) is 5.69 Å². The van der Waals surface area contributed by atoms with Crippen LogP contribution in [0.1, 0.15) is 31.3 Å².